The molecule has 1 amide bonds. The second kappa shape index (κ2) is 6.37. The maximum Gasteiger partial charge on any atom is 0.227 e. The lowest BCUT2D eigenvalue weighted by atomic mass is 9.94. The van der Waals surface area contributed by atoms with Crippen molar-refractivity contribution in [2.75, 3.05) is 13.1 Å². The molecule has 3 aliphatic heterocycles. The SMILES string of the molecule is O=C1[C@H]2CC[C@H](CN(Cc3ccccn3)C2)N1Cc1cscn1. The number of hydrogen-bond acceptors (Lipinski definition) is 5. The first-order chi connectivity index (χ1) is 11.3. The number of piperidine rings is 1. The Balaban J connectivity index is 1.50. The van der Waals surface area contributed by atoms with Crippen LogP contribution in [0.3, 0.4) is 0 Å². The first-order valence-electron chi connectivity index (χ1n) is 8.09. The Labute approximate surface area is 140 Å². The normalized spacial score (nSPS) is 24.9. The van der Waals surface area contributed by atoms with Gasteiger partial charge in [0.15, 0.2) is 0 Å². The molecule has 3 fully saturated rings. The number of carbonyl (C=O) groups is 1. The minimum atomic E-state index is 0.121. The van der Waals surface area contributed by atoms with Crippen LogP contribution in [0.4, 0.5) is 0 Å². The van der Waals surface area contributed by atoms with E-state index in [2.05, 4.69) is 25.8 Å². The molecule has 0 radical (unpaired) electrons. The van der Waals surface area contributed by atoms with Crippen molar-refractivity contribution >= 4 is 17.2 Å². The predicted octanol–water partition coefficient (Wildman–Crippen LogP) is 2.16. The number of carbonyl (C=O) groups excluding carboxylic acids is 1. The predicted molar refractivity (Wildman–Crippen MR) is 88.7 cm³/mol. The second-order valence-corrected chi connectivity index (χ2v) is 7.11. The number of fused-ring (bicyclic) bond motifs is 4. The molecule has 3 saturated heterocycles. The molecule has 6 heteroatoms. The summed E-state index contributed by atoms with van der Waals surface area (Å²) in [7, 11) is 0. The van der Waals surface area contributed by atoms with Crippen LogP contribution in [-0.2, 0) is 17.9 Å². The standard InChI is InChI=1S/C17H20N4OS/c22-17-13-4-5-16(21(17)9-15-11-23-12-19-15)10-20(7-13)8-14-3-1-2-6-18-14/h1-3,6,11-13,16H,4-5,7-10H2/t13-,16+/m0/s1. The van der Waals surface area contributed by atoms with E-state index in [4.69, 9.17) is 0 Å². The number of thiazole rings is 1. The summed E-state index contributed by atoms with van der Waals surface area (Å²) in [5, 5.41) is 2.04. The number of nitrogens with zero attached hydrogens (tertiary/aromatic N) is 4. The van der Waals surface area contributed by atoms with Crippen molar-refractivity contribution in [2.45, 2.75) is 32.0 Å². The molecule has 0 N–H and O–H groups in total. The van der Waals surface area contributed by atoms with E-state index in [1.807, 2.05) is 29.2 Å². The summed E-state index contributed by atoms with van der Waals surface area (Å²) in [5.41, 5.74) is 3.92. The lowest BCUT2D eigenvalue weighted by Gasteiger charge is -2.35. The minimum absolute atomic E-state index is 0.121. The molecule has 2 atom stereocenters. The molecule has 2 bridgehead atoms. The van der Waals surface area contributed by atoms with Crippen molar-refractivity contribution in [3.05, 3.63) is 46.7 Å². The lowest BCUT2D eigenvalue weighted by molar-refractivity contribution is -0.140. The van der Waals surface area contributed by atoms with E-state index in [0.717, 1.165) is 43.9 Å². The molecule has 5 heterocycles. The highest BCUT2D eigenvalue weighted by atomic mass is 32.1. The van der Waals surface area contributed by atoms with Crippen molar-refractivity contribution in [1.82, 2.24) is 19.8 Å². The quantitative estimate of drug-likeness (QED) is 0.863. The molecule has 23 heavy (non-hydrogen) atoms. The zero-order chi connectivity index (χ0) is 15.6. The molecule has 0 unspecified atom stereocenters. The average Bonchev–Trinajstić information content (AvgIpc) is 2.95. The van der Waals surface area contributed by atoms with Crippen LogP contribution in [0.25, 0.3) is 0 Å². The number of hydrogen-bond donors (Lipinski definition) is 0. The van der Waals surface area contributed by atoms with Crippen LogP contribution in [0, 0.1) is 5.92 Å². The first kappa shape index (κ1) is 14.8. The van der Waals surface area contributed by atoms with Gasteiger partial charge in [-0.3, -0.25) is 14.7 Å². The summed E-state index contributed by atoms with van der Waals surface area (Å²) in [6.07, 6.45) is 3.94. The van der Waals surface area contributed by atoms with Crippen LogP contribution in [0.1, 0.15) is 24.2 Å². The summed E-state index contributed by atoms with van der Waals surface area (Å²) >= 11 is 1.59. The first-order valence-corrected chi connectivity index (χ1v) is 9.03. The van der Waals surface area contributed by atoms with Crippen LogP contribution in [0.5, 0.6) is 0 Å². The maximum absolute atomic E-state index is 12.8. The highest BCUT2D eigenvalue weighted by molar-refractivity contribution is 7.07. The Bertz CT molecular complexity index is 660. The Morgan fingerprint density at radius 1 is 1.13 bits per heavy atom. The largest absolute Gasteiger partial charge is 0.332 e. The molecule has 3 aliphatic rings. The van der Waals surface area contributed by atoms with Crippen LogP contribution in [0.2, 0.25) is 0 Å². The monoisotopic (exact) mass is 328 g/mol. The van der Waals surface area contributed by atoms with Gasteiger partial charge >= 0.3 is 0 Å². The molecule has 0 saturated carbocycles. The summed E-state index contributed by atoms with van der Waals surface area (Å²) in [5.74, 6) is 0.425. The van der Waals surface area contributed by atoms with E-state index in [-0.39, 0.29) is 5.92 Å². The molecule has 0 aromatic carbocycles. The Morgan fingerprint density at radius 2 is 2.09 bits per heavy atom. The summed E-state index contributed by atoms with van der Waals surface area (Å²) < 4.78 is 0. The van der Waals surface area contributed by atoms with Gasteiger partial charge in [-0.15, -0.1) is 11.3 Å². The molecule has 0 aliphatic carbocycles. The average molecular weight is 328 g/mol. The molecule has 0 spiro atoms. The van der Waals surface area contributed by atoms with E-state index in [1.54, 1.807) is 11.3 Å². The minimum Gasteiger partial charge on any atom is -0.332 e. The molecular weight excluding hydrogens is 308 g/mol. The van der Waals surface area contributed by atoms with Crippen LogP contribution in [0.15, 0.2) is 35.3 Å². The van der Waals surface area contributed by atoms with E-state index >= 15 is 0 Å². The van der Waals surface area contributed by atoms with Crippen molar-refractivity contribution in [1.29, 1.82) is 0 Å². The smallest absolute Gasteiger partial charge is 0.227 e. The van der Waals surface area contributed by atoms with Crippen molar-refractivity contribution in [3.63, 3.8) is 0 Å². The van der Waals surface area contributed by atoms with Gasteiger partial charge in [0, 0.05) is 37.3 Å². The number of amides is 1. The number of aromatic nitrogens is 2. The van der Waals surface area contributed by atoms with Gasteiger partial charge in [0.1, 0.15) is 0 Å². The molecule has 2 aromatic heterocycles. The van der Waals surface area contributed by atoms with Gasteiger partial charge in [-0.2, -0.15) is 0 Å². The van der Waals surface area contributed by atoms with Crippen molar-refractivity contribution in [3.8, 4) is 0 Å². The van der Waals surface area contributed by atoms with Gasteiger partial charge in [-0.25, -0.2) is 4.98 Å². The fraction of sp³-hybridized carbons (Fsp3) is 0.471. The summed E-state index contributed by atoms with van der Waals surface area (Å²) in [6, 6.07) is 6.32. The number of rotatable bonds is 4. The van der Waals surface area contributed by atoms with E-state index in [0.29, 0.717) is 18.5 Å². The Hall–Kier alpha value is -1.79. The van der Waals surface area contributed by atoms with Crippen LogP contribution >= 0.6 is 11.3 Å². The molecular formula is C17H20N4OS. The third kappa shape index (κ3) is 3.14. The van der Waals surface area contributed by atoms with Crippen molar-refractivity contribution in [2.24, 2.45) is 5.92 Å². The highest BCUT2D eigenvalue weighted by Gasteiger charge is 2.40. The zero-order valence-corrected chi connectivity index (χ0v) is 13.8. The van der Waals surface area contributed by atoms with E-state index in [9.17, 15) is 4.79 Å². The maximum atomic E-state index is 12.8. The lowest BCUT2D eigenvalue weighted by Crippen LogP contribution is -2.47. The van der Waals surface area contributed by atoms with Gasteiger partial charge in [-0.1, -0.05) is 6.07 Å². The van der Waals surface area contributed by atoms with Crippen molar-refractivity contribution < 1.29 is 4.79 Å². The van der Waals surface area contributed by atoms with Crippen LogP contribution < -0.4 is 0 Å². The third-order valence-electron chi connectivity index (χ3n) is 4.80. The van der Waals surface area contributed by atoms with Gasteiger partial charge in [-0.05, 0) is 25.0 Å². The third-order valence-corrected chi connectivity index (χ3v) is 5.43. The second-order valence-electron chi connectivity index (χ2n) is 6.39. The zero-order valence-electron chi connectivity index (χ0n) is 13.0. The Morgan fingerprint density at radius 3 is 2.87 bits per heavy atom. The summed E-state index contributed by atoms with van der Waals surface area (Å²) in [4.78, 5) is 26.0. The topological polar surface area (TPSA) is 49.3 Å². The molecule has 2 aromatic rings. The fourth-order valence-electron chi connectivity index (χ4n) is 3.68. The van der Waals surface area contributed by atoms with Crippen LogP contribution in [-0.4, -0.2) is 44.8 Å². The van der Waals surface area contributed by atoms with Gasteiger partial charge in [0.05, 0.1) is 29.4 Å². The highest BCUT2D eigenvalue weighted by Crippen LogP contribution is 2.30. The van der Waals surface area contributed by atoms with E-state index < -0.39 is 0 Å². The van der Waals surface area contributed by atoms with E-state index in [1.165, 1.54) is 0 Å². The van der Waals surface area contributed by atoms with Gasteiger partial charge in [0.2, 0.25) is 5.91 Å². The Kier molecular flexibility index (Phi) is 4.10. The van der Waals surface area contributed by atoms with Gasteiger partial charge < -0.3 is 4.90 Å². The molecule has 5 nitrogen and oxygen atoms in total. The fourth-order valence-corrected chi connectivity index (χ4v) is 4.23. The summed E-state index contributed by atoms with van der Waals surface area (Å²) in [6.45, 7) is 3.26. The number of pyridine rings is 1. The molecule has 120 valence electrons. The van der Waals surface area contributed by atoms with Gasteiger partial charge in [0.25, 0.3) is 0 Å². The molecule has 5 rings (SSSR count).